The Hall–Kier alpha value is -0.620. The Morgan fingerprint density at radius 3 is 2.38 bits per heavy atom. The topological polar surface area (TPSA) is 52.6 Å². The van der Waals surface area contributed by atoms with Crippen LogP contribution in [0.3, 0.4) is 0 Å². The zero-order chi connectivity index (χ0) is 17.6. The second-order valence-corrected chi connectivity index (χ2v) is 8.91. The van der Waals surface area contributed by atoms with E-state index in [9.17, 15) is 9.59 Å². The zero-order valence-electron chi connectivity index (χ0n) is 14.7. The van der Waals surface area contributed by atoms with Gasteiger partial charge in [-0.25, -0.2) is 4.79 Å². The molecule has 0 bridgehead atoms. The molecule has 1 unspecified atom stereocenters. The zero-order valence-corrected chi connectivity index (χ0v) is 16.4. The second-order valence-electron chi connectivity index (χ2n) is 6.13. The molecule has 0 saturated carbocycles. The molecule has 4 nitrogen and oxygen atoms in total. The first-order valence-corrected chi connectivity index (χ1v) is 11.2. The van der Waals surface area contributed by atoms with Gasteiger partial charge in [-0.1, -0.05) is 34.6 Å². The smallest absolute Gasteiger partial charge is 0.333 e. The molecule has 0 aromatic heterocycles. The highest BCUT2D eigenvalue weighted by Gasteiger charge is 2.15. The minimum atomic E-state index is -0.325. The van der Waals surface area contributed by atoms with Crippen LogP contribution < -0.4 is 0 Å². The van der Waals surface area contributed by atoms with Gasteiger partial charge in [-0.15, -0.1) is 0 Å². The summed E-state index contributed by atoms with van der Waals surface area (Å²) in [4.78, 5) is 22.8. The number of hydrogen-bond acceptors (Lipinski definition) is 6. The molecule has 1 aliphatic rings. The van der Waals surface area contributed by atoms with Crippen LogP contribution in [0.2, 0.25) is 0 Å². The molecule has 0 aromatic carbocycles. The molecule has 1 atom stereocenters. The third-order valence-corrected chi connectivity index (χ3v) is 6.77. The van der Waals surface area contributed by atoms with Crippen LogP contribution in [0, 0.1) is 0 Å². The maximum atomic E-state index is 11.6. The van der Waals surface area contributed by atoms with Crippen molar-refractivity contribution in [3.63, 3.8) is 0 Å². The fourth-order valence-corrected chi connectivity index (χ4v) is 5.34. The molecule has 0 amide bonds. The molecule has 1 fully saturated rings. The summed E-state index contributed by atoms with van der Waals surface area (Å²) in [5, 5.41) is 0.792. The molecule has 24 heavy (non-hydrogen) atoms. The fourth-order valence-electron chi connectivity index (χ4n) is 2.31. The first kappa shape index (κ1) is 21.4. The highest BCUT2D eigenvalue weighted by Crippen LogP contribution is 2.39. The fraction of sp³-hybridized carbons (Fsp3) is 0.778. The maximum absolute atomic E-state index is 11.6. The van der Waals surface area contributed by atoms with E-state index in [4.69, 9.17) is 9.47 Å². The molecular formula is C18H30O4S2. The van der Waals surface area contributed by atoms with Crippen LogP contribution >= 0.6 is 21.6 Å². The van der Waals surface area contributed by atoms with Gasteiger partial charge in [0.2, 0.25) is 0 Å². The van der Waals surface area contributed by atoms with Crippen molar-refractivity contribution in [3.8, 4) is 0 Å². The van der Waals surface area contributed by atoms with Crippen LogP contribution in [0.25, 0.3) is 0 Å². The van der Waals surface area contributed by atoms with Crippen molar-refractivity contribution >= 4 is 33.5 Å². The highest BCUT2D eigenvalue weighted by molar-refractivity contribution is 8.77. The lowest BCUT2D eigenvalue weighted by Crippen LogP contribution is -2.07. The number of unbranched alkanes of at least 4 members (excludes halogenated alkanes) is 4. The lowest BCUT2D eigenvalue weighted by Gasteiger charge is -2.07. The van der Waals surface area contributed by atoms with E-state index in [0.29, 0.717) is 25.2 Å². The van der Waals surface area contributed by atoms with Crippen molar-refractivity contribution in [3.05, 3.63) is 12.2 Å². The predicted molar refractivity (Wildman–Crippen MR) is 102 cm³/mol. The lowest BCUT2D eigenvalue weighted by atomic mass is 10.1. The van der Waals surface area contributed by atoms with Gasteiger partial charge in [-0.3, -0.25) is 4.79 Å². The van der Waals surface area contributed by atoms with E-state index in [1.165, 1.54) is 18.6 Å². The second kappa shape index (κ2) is 13.6. The molecule has 0 N–H and O–H groups in total. The minimum Gasteiger partial charge on any atom is -0.466 e. The van der Waals surface area contributed by atoms with Crippen LogP contribution in [-0.4, -0.2) is 36.2 Å². The van der Waals surface area contributed by atoms with Gasteiger partial charge in [0.1, 0.15) is 0 Å². The van der Waals surface area contributed by atoms with Crippen molar-refractivity contribution in [2.75, 3.05) is 19.0 Å². The van der Waals surface area contributed by atoms with Crippen molar-refractivity contribution in [2.45, 2.75) is 70.0 Å². The monoisotopic (exact) mass is 374 g/mol. The van der Waals surface area contributed by atoms with Crippen molar-refractivity contribution in [2.24, 2.45) is 0 Å². The van der Waals surface area contributed by atoms with Gasteiger partial charge in [0.15, 0.2) is 0 Å². The number of esters is 2. The van der Waals surface area contributed by atoms with Gasteiger partial charge < -0.3 is 9.47 Å². The molecule has 1 saturated heterocycles. The van der Waals surface area contributed by atoms with Gasteiger partial charge in [0.05, 0.1) is 13.2 Å². The number of carbonyl (C=O) groups is 2. The molecular weight excluding hydrogens is 344 g/mol. The van der Waals surface area contributed by atoms with Crippen LogP contribution in [0.5, 0.6) is 0 Å². The molecule has 1 aliphatic heterocycles. The lowest BCUT2D eigenvalue weighted by molar-refractivity contribution is -0.144. The van der Waals surface area contributed by atoms with E-state index in [0.717, 1.165) is 43.8 Å². The molecule has 0 aliphatic carbocycles. The van der Waals surface area contributed by atoms with E-state index in [2.05, 4.69) is 6.58 Å². The van der Waals surface area contributed by atoms with Gasteiger partial charge >= 0.3 is 11.9 Å². The summed E-state index contributed by atoms with van der Waals surface area (Å²) >= 11 is 0. The molecule has 1 rings (SSSR count). The standard InChI is InChI=1S/C18H30O4S2/c1-15(2)18(20)22-13-8-4-3-7-12-21-17(19)10-6-5-9-16-11-14-23-24-16/h16H,1,3-14H2,2H3. The van der Waals surface area contributed by atoms with E-state index < -0.39 is 0 Å². The quantitative estimate of drug-likeness (QED) is 0.197. The number of carbonyl (C=O) groups excluding carboxylic acids is 2. The summed E-state index contributed by atoms with van der Waals surface area (Å²) in [6.45, 7) is 6.11. The molecule has 0 spiro atoms. The summed E-state index contributed by atoms with van der Waals surface area (Å²) in [7, 11) is 3.96. The Bertz CT molecular complexity index is 392. The largest absolute Gasteiger partial charge is 0.466 e. The van der Waals surface area contributed by atoms with Gasteiger partial charge in [0, 0.05) is 23.0 Å². The molecule has 138 valence electrons. The minimum absolute atomic E-state index is 0.0705. The normalized spacial score (nSPS) is 16.8. The van der Waals surface area contributed by atoms with E-state index >= 15 is 0 Å². The van der Waals surface area contributed by atoms with Gasteiger partial charge in [-0.2, -0.15) is 0 Å². The number of rotatable bonds is 13. The third-order valence-electron chi connectivity index (χ3n) is 3.77. The Morgan fingerprint density at radius 1 is 1.04 bits per heavy atom. The Labute approximate surface area is 153 Å². The average Bonchev–Trinajstić information content (AvgIpc) is 3.07. The van der Waals surface area contributed by atoms with Crippen molar-refractivity contribution in [1.82, 2.24) is 0 Å². The van der Waals surface area contributed by atoms with E-state index in [1.807, 2.05) is 21.6 Å². The van der Waals surface area contributed by atoms with Crippen LogP contribution in [0.15, 0.2) is 12.2 Å². The molecule has 0 aromatic rings. The van der Waals surface area contributed by atoms with E-state index in [-0.39, 0.29) is 11.9 Å². The van der Waals surface area contributed by atoms with Crippen LogP contribution in [0.1, 0.15) is 64.7 Å². The van der Waals surface area contributed by atoms with Gasteiger partial charge in [-0.05, 0) is 51.9 Å². The van der Waals surface area contributed by atoms with Crippen LogP contribution in [-0.2, 0) is 19.1 Å². The van der Waals surface area contributed by atoms with Crippen molar-refractivity contribution < 1.29 is 19.1 Å². The van der Waals surface area contributed by atoms with Crippen LogP contribution in [0.4, 0.5) is 0 Å². The molecule has 0 radical (unpaired) electrons. The summed E-state index contributed by atoms with van der Waals surface area (Å²) < 4.78 is 10.3. The summed E-state index contributed by atoms with van der Waals surface area (Å²) in [5.41, 5.74) is 0.433. The summed E-state index contributed by atoms with van der Waals surface area (Å²) in [6.07, 6.45) is 8.80. The Morgan fingerprint density at radius 2 is 1.75 bits per heavy atom. The number of ether oxygens (including phenoxy) is 2. The predicted octanol–water partition coefficient (Wildman–Crippen LogP) is 4.92. The summed E-state index contributed by atoms with van der Waals surface area (Å²) in [6, 6.07) is 0. The first-order valence-electron chi connectivity index (χ1n) is 8.86. The average molecular weight is 375 g/mol. The van der Waals surface area contributed by atoms with E-state index in [1.54, 1.807) is 6.92 Å². The SMILES string of the molecule is C=C(C)C(=O)OCCCCCCOC(=O)CCCCC1CCSS1. The Balaban J connectivity index is 1.82. The number of hydrogen-bond donors (Lipinski definition) is 0. The third kappa shape index (κ3) is 11.0. The Kier molecular flexibility index (Phi) is 12.2. The van der Waals surface area contributed by atoms with Gasteiger partial charge in [0.25, 0.3) is 0 Å². The summed E-state index contributed by atoms with van der Waals surface area (Å²) in [5.74, 6) is 0.876. The highest BCUT2D eigenvalue weighted by atomic mass is 33.1. The van der Waals surface area contributed by atoms with Crippen molar-refractivity contribution in [1.29, 1.82) is 0 Å². The molecule has 6 heteroatoms. The molecule has 1 heterocycles. The first-order chi connectivity index (χ1) is 11.6. The maximum Gasteiger partial charge on any atom is 0.333 e.